The fourth-order valence-corrected chi connectivity index (χ4v) is 2.09. The summed E-state index contributed by atoms with van der Waals surface area (Å²) >= 11 is 0. The number of hydrogen-bond acceptors (Lipinski definition) is 2. The molecule has 2 nitrogen and oxygen atoms in total. The van der Waals surface area contributed by atoms with Crippen LogP contribution >= 0.6 is 12.4 Å². The smallest absolute Gasteiger partial charge is 0.126 e. The van der Waals surface area contributed by atoms with E-state index in [9.17, 15) is 4.39 Å². The molecule has 1 aliphatic heterocycles. The highest BCUT2D eigenvalue weighted by Crippen LogP contribution is 2.30. The van der Waals surface area contributed by atoms with Crippen LogP contribution in [0.25, 0.3) is 0 Å². The number of benzene rings is 1. The summed E-state index contributed by atoms with van der Waals surface area (Å²) < 4.78 is 18.2. The van der Waals surface area contributed by atoms with E-state index in [1.54, 1.807) is 7.11 Å². The predicted molar refractivity (Wildman–Crippen MR) is 64.8 cm³/mol. The zero-order chi connectivity index (χ0) is 10.7. The maximum absolute atomic E-state index is 13.0. The van der Waals surface area contributed by atoms with E-state index in [0.29, 0.717) is 11.8 Å². The average Bonchev–Trinajstić information content (AvgIpc) is 2.30. The Labute approximate surface area is 102 Å². The van der Waals surface area contributed by atoms with Gasteiger partial charge in [0.2, 0.25) is 0 Å². The maximum Gasteiger partial charge on any atom is 0.126 e. The van der Waals surface area contributed by atoms with E-state index in [-0.39, 0.29) is 18.2 Å². The fraction of sp³-hybridized carbons (Fsp3) is 0.500. The molecule has 1 fully saturated rings. The third-order valence-corrected chi connectivity index (χ3v) is 2.88. The summed E-state index contributed by atoms with van der Waals surface area (Å²) in [7, 11) is 1.58. The number of piperidine rings is 1. The first-order valence-corrected chi connectivity index (χ1v) is 5.38. The molecule has 1 aromatic carbocycles. The summed E-state index contributed by atoms with van der Waals surface area (Å²) in [6.45, 7) is 1.03. The molecule has 0 amide bonds. The van der Waals surface area contributed by atoms with Crippen molar-refractivity contribution in [3.05, 3.63) is 29.6 Å². The molecular weight excluding hydrogens is 229 g/mol. The summed E-state index contributed by atoms with van der Waals surface area (Å²) in [6, 6.07) is 5.07. The van der Waals surface area contributed by atoms with Crippen molar-refractivity contribution in [3.63, 3.8) is 0 Å². The Morgan fingerprint density at radius 2 is 2.19 bits per heavy atom. The van der Waals surface area contributed by atoms with E-state index in [2.05, 4.69) is 5.32 Å². The molecule has 0 aromatic heterocycles. The van der Waals surface area contributed by atoms with Crippen LogP contribution in [0.5, 0.6) is 5.75 Å². The van der Waals surface area contributed by atoms with Crippen LogP contribution in [0.4, 0.5) is 4.39 Å². The van der Waals surface area contributed by atoms with Crippen LogP contribution in [0.2, 0.25) is 0 Å². The third-order valence-electron chi connectivity index (χ3n) is 2.88. The van der Waals surface area contributed by atoms with Crippen molar-refractivity contribution in [2.75, 3.05) is 13.7 Å². The van der Waals surface area contributed by atoms with Crippen LogP contribution in [0.3, 0.4) is 0 Å². The molecular formula is C12H17ClFNO. The summed E-state index contributed by atoms with van der Waals surface area (Å²) in [5.74, 6) is 0.404. The van der Waals surface area contributed by atoms with Gasteiger partial charge >= 0.3 is 0 Å². The zero-order valence-electron chi connectivity index (χ0n) is 9.33. The minimum Gasteiger partial charge on any atom is -0.496 e. The molecule has 0 aliphatic carbocycles. The Balaban J connectivity index is 0.00000128. The van der Waals surface area contributed by atoms with Crippen molar-refractivity contribution in [3.8, 4) is 5.75 Å². The lowest BCUT2D eigenvalue weighted by atomic mass is 9.97. The molecule has 1 aromatic rings. The summed E-state index contributed by atoms with van der Waals surface area (Å²) in [5, 5.41) is 3.43. The highest BCUT2D eigenvalue weighted by Gasteiger charge is 2.18. The molecule has 16 heavy (non-hydrogen) atoms. The molecule has 0 saturated carbocycles. The van der Waals surface area contributed by atoms with Crippen molar-refractivity contribution in [1.29, 1.82) is 0 Å². The van der Waals surface area contributed by atoms with Crippen molar-refractivity contribution in [1.82, 2.24) is 5.32 Å². The van der Waals surface area contributed by atoms with Crippen LogP contribution in [0.15, 0.2) is 18.2 Å². The monoisotopic (exact) mass is 245 g/mol. The molecule has 90 valence electrons. The Morgan fingerprint density at radius 1 is 1.38 bits per heavy atom. The normalized spacial score (nSPS) is 20.0. The number of hydrogen-bond donors (Lipinski definition) is 1. The molecule has 1 N–H and O–H groups in total. The van der Waals surface area contributed by atoms with Gasteiger partial charge in [-0.15, -0.1) is 12.4 Å². The lowest BCUT2D eigenvalue weighted by Gasteiger charge is -2.25. The van der Waals surface area contributed by atoms with Gasteiger partial charge in [-0.1, -0.05) is 12.5 Å². The topological polar surface area (TPSA) is 21.3 Å². The summed E-state index contributed by atoms with van der Waals surface area (Å²) in [6.07, 6.45) is 3.54. The second-order valence-corrected chi connectivity index (χ2v) is 3.89. The second-order valence-electron chi connectivity index (χ2n) is 3.89. The largest absolute Gasteiger partial charge is 0.496 e. The molecule has 0 spiro atoms. The molecule has 1 aliphatic rings. The number of rotatable bonds is 2. The fourth-order valence-electron chi connectivity index (χ4n) is 2.09. The van der Waals surface area contributed by atoms with Gasteiger partial charge < -0.3 is 10.1 Å². The van der Waals surface area contributed by atoms with Gasteiger partial charge in [-0.3, -0.25) is 0 Å². The Hall–Kier alpha value is -0.800. The quantitative estimate of drug-likeness (QED) is 0.865. The molecule has 2 rings (SSSR count). The Bertz CT molecular complexity index is 340. The summed E-state index contributed by atoms with van der Waals surface area (Å²) in [4.78, 5) is 0. The molecule has 0 radical (unpaired) electrons. The van der Waals surface area contributed by atoms with Crippen molar-refractivity contribution < 1.29 is 9.13 Å². The van der Waals surface area contributed by atoms with E-state index in [1.807, 2.05) is 6.07 Å². The van der Waals surface area contributed by atoms with Crippen LogP contribution < -0.4 is 10.1 Å². The van der Waals surface area contributed by atoms with Gasteiger partial charge in [0.25, 0.3) is 0 Å². The second kappa shape index (κ2) is 6.06. The first kappa shape index (κ1) is 13.3. The van der Waals surface area contributed by atoms with E-state index < -0.39 is 0 Å². The molecule has 1 atom stereocenters. The Kier molecular flexibility index (Phi) is 5.03. The molecule has 1 heterocycles. The molecule has 4 heteroatoms. The van der Waals surface area contributed by atoms with Gasteiger partial charge in [0.1, 0.15) is 11.6 Å². The average molecular weight is 246 g/mol. The van der Waals surface area contributed by atoms with E-state index >= 15 is 0 Å². The number of ether oxygens (including phenoxy) is 1. The molecule has 0 bridgehead atoms. The van der Waals surface area contributed by atoms with Gasteiger partial charge in [-0.25, -0.2) is 4.39 Å². The van der Waals surface area contributed by atoms with Gasteiger partial charge in [-0.2, -0.15) is 0 Å². The SMILES string of the molecule is COc1cc(F)ccc1[C@@H]1CCCCN1.Cl. The van der Waals surface area contributed by atoms with E-state index in [0.717, 1.165) is 18.5 Å². The lowest BCUT2D eigenvalue weighted by molar-refractivity contribution is 0.371. The zero-order valence-corrected chi connectivity index (χ0v) is 10.1. The minimum absolute atomic E-state index is 0. The highest BCUT2D eigenvalue weighted by molar-refractivity contribution is 5.85. The van der Waals surface area contributed by atoms with E-state index in [1.165, 1.54) is 25.0 Å². The van der Waals surface area contributed by atoms with E-state index in [4.69, 9.17) is 4.74 Å². The third kappa shape index (κ3) is 2.86. The molecule has 1 saturated heterocycles. The standard InChI is InChI=1S/C12H16FNO.ClH/c1-15-12-8-9(13)5-6-10(12)11-4-2-3-7-14-11;/h5-6,8,11,14H,2-4,7H2,1H3;1H/t11-;/m0./s1. The van der Waals surface area contributed by atoms with Crippen LogP contribution in [-0.2, 0) is 0 Å². The van der Waals surface area contributed by atoms with Crippen LogP contribution in [-0.4, -0.2) is 13.7 Å². The van der Waals surface area contributed by atoms with Crippen molar-refractivity contribution >= 4 is 12.4 Å². The first-order valence-electron chi connectivity index (χ1n) is 5.38. The molecule has 0 unspecified atom stereocenters. The number of nitrogens with one attached hydrogen (secondary N) is 1. The predicted octanol–water partition coefficient (Wildman–Crippen LogP) is 3.07. The van der Waals surface area contributed by atoms with Gasteiger partial charge in [0.05, 0.1) is 7.11 Å². The van der Waals surface area contributed by atoms with Gasteiger partial charge in [-0.05, 0) is 25.5 Å². The Morgan fingerprint density at radius 3 is 2.81 bits per heavy atom. The maximum atomic E-state index is 13.0. The van der Waals surface area contributed by atoms with Crippen LogP contribution in [0.1, 0.15) is 30.9 Å². The van der Waals surface area contributed by atoms with Gasteiger partial charge in [0, 0.05) is 17.7 Å². The number of methoxy groups -OCH3 is 1. The van der Waals surface area contributed by atoms with Crippen LogP contribution in [0, 0.1) is 5.82 Å². The summed E-state index contributed by atoms with van der Waals surface area (Å²) in [5.41, 5.74) is 1.07. The van der Waals surface area contributed by atoms with Crippen molar-refractivity contribution in [2.24, 2.45) is 0 Å². The minimum atomic E-state index is -0.244. The van der Waals surface area contributed by atoms with Gasteiger partial charge in [0.15, 0.2) is 0 Å². The lowest BCUT2D eigenvalue weighted by Crippen LogP contribution is -2.27. The highest BCUT2D eigenvalue weighted by atomic mass is 35.5. The van der Waals surface area contributed by atoms with Crippen molar-refractivity contribution in [2.45, 2.75) is 25.3 Å². The first-order chi connectivity index (χ1) is 7.31. The number of halogens is 2.